The summed E-state index contributed by atoms with van der Waals surface area (Å²) in [6.45, 7) is -0.596. The van der Waals surface area contributed by atoms with Gasteiger partial charge in [-0.2, -0.15) is 0 Å². The lowest BCUT2D eigenvalue weighted by Crippen LogP contribution is -1.99. The van der Waals surface area contributed by atoms with E-state index in [0.717, 1.165) is 0 Å². The highest BCUT2D eigenvalue weighted by Gasteiger charge is 1.99. The van der Waals surface area contributed by atoms with Crippen LogP contribution in [0.1, 0.15) is 10.4 Å². The van der Waals surface area contributed by atoms with Crippen LogP contribution in [0.25, 0.3) is 0 Å². The molecule has 0 N–H and O–H groups in total. The van der Waals surface area contributed by atoms with E-state index in [4.69, 9.17) is 16.3 Å². The number of ether oxygens (including phenoxy) is 1. The minimum atomic E-state index is -0.567. The molecule has 0 amide bonds. The molecule has 0 radical (unpaired) electrons. The Hall–Kier alpha value is -1.09. The fourth-order valence-corrected chi connectivity index (χ4v) is 1.13. The van der Waals surface area contributed by atoms with Crippen LogP contribution in [-0.2, 0) is 0 Å². The first-order valence-corrected chi connectivity index (χ1v) is 4.08. The van der Waals surface area contributed by atoms with Crippen molar-refractivity contribution in [3.05, 3.63) is 28.8 Å². The summed E-state index contributed by atoms with van der Waals surface area (Å²) in [6.07, 6.45) is 0.661. The van der Waals surface area contributed by atoms with Crippen LogP contribution in [0.4, 0.5) is 4.39 Å². The molecule has 0 bridgehead atoms. The Kier molecular flexibility index (Phi) is 3.71. The van der Waals surface area contributed by atoms with Gasteiger partial charge in [-0.25, -0.2) is 4.39 Å². The maximum atomic E-state index is 11.7. The number of benzene rings is 1. The van der Waals surface area contributed by atoms with Crippen molar-refractivity contribution in [3.8, 4) is 5.75 Å². The Morgan fingerprint density at radius 3 is 2.85 bits per heavy atom. The maximum Gasteiger partial charge on any atom is 0.150 e. The van der Waals surface area contributed by atoms with Crippen molar-refractivity contribution in [2.24, 2.45) is 0 Å². The van der Waals surface area contributed by atoms with Crippen LogP contribution in [0.3, 0.4) is 0 Å². The first kappa shape index (κ1) is 9.99. The van der Waals surface area contributed by atoms with Gasteiger partial charge in [0.05, 0.1) is 0 Å². The molecule has 1 rings (SSSR count). The largest absolute Gasteiger partial charge is 0.491 e. The summed E-state index contributed by atoms with van der Waals surface area (Å²) in [6, 6.07) is 4.55. The van der Waals surface area contributed by atoms with Crippen LogP contribution >= 0.6 is 11.6 Å². The smallest absolute Gasteiger partial charge is 0.150 e. The lowest BCUT2D eigenvalue weighted by atomic mass is 10.2. The molecule has 1 aromatic rings. The summed E-state index contributed by atoms with van der Waals surface area (Å²) in [5.74, 6) is 0.409. The maximum absolute atomic E-state index is 11.7. The predicted octanol–water partition coefficient (Wildman–Crippen LogP) is 2.50. The summed E-state index contributed by atoms with van der Waals surface area (Å²) in [5, 5.41) is 0.401. The van der Waals surface area contributed by atoms with Gasteiger partial charge in [-0.3, -0.25) is 4.79 Å². The summed E-state index contributed by atoms with van der Waals surface area (Å²) >= 11 is 5.68. The molecule has 0 unspecified atom stereocenters. The normalized spacial score (nSPS) is 9.69. The van der Waals surface area contributed by atoms with Gasteiger partial charge >= 0.3 is 0 Å². The van der Waals surface area contributed by atoms with Crippen molar-refractivity contribution < 1.29 is 13.9 Å². The Morgan fingerprint density at radius 1 is 1.46 bits per heavy atom. The van der Waals surface area contributed by atoms with Crippen molar-refractivity contribution in [2.75, 3.05) is 13.3 Å². The highest BCUT2D eigenvalue weighted by atomic mass is 35.5. The quantitative estimate of drug-likeness (QED) is 0.702. The van der Waals surface area contributed by atoms with E-state index >= 15 is 0 Å². The zero-order valence-corrected chi connectivity index (χ0v) is 7.55. The molecule has 2 nitrogen and oxygen atoms in total. The van der Waals surface area contributed by atoms with Crippen LogP contribution in [-0.4, -0.2) is 19.6 Å². The van der Waals surface area contributed by atoms with Crippen LogP contribution in [0, 0.1) is 0 Å². The molecule has 13 heavy (non-hydrogen) atoms. The average Bonchev–Trinajstić information content (AvgIpc) is 2.14. The molecular weight excluding hydrogens is 195 g/mol. The van der Waals surface area contributed by atoms with Crippen LogP contribution < -0.4 is 4.74 Å². The fraction of sp³-hybridized carbons (Fsp3) is 0.222. The first-order valence-electron chi connectivity index (χ1n) is 3.71. The molecule has 0 aliphatic rings. The number of halogens is 2. The lowest BCUT2D eigenvalue weighted by Gasteiger charge is -2.04. The van der Waals surface area contributed by atoms with E-state index in [1.54, 1.807) is 0 Å². The SMILES string of the molecule is O=Cc1cc(Cl)cc(OCCF)c1. The minimum absolute atomic E-state index is 0.0291. The average molecular weight is 203 g/mol. The van der Waals surface area contributed by atoms with E-state index in [-0.39, 0.29) is 6.61 Å². The van der Waals surface area contributed by atoms with E-state index in [2.05, 4.69) is 0 Å². The lowest BCUT2D eigenvalue weighted by molar-refractivity contribution is 0.112. The predicted molar refractivity (Wildman–Crippen MR) is 48.3 cm³/mol. The molecule has 0 saturated heterocycles. The molecule has 0 saturated carbocycles. The van der Waals surface area contributed by atoms with Gasteiger partial charge < -0.3 is 4.74 Å². The van der Waals surface area contributed by atoms with Gasteiger partial charge in [-0.1, -0.05) is 11.6 Å². The number of hydrogen-bond acceptors (Lipinski definition) is 2. The van der Waals surface area contributed by atoms with Gasteiger partial charge in [0.1, 0.15) is 25.3 Å². The third-order valence-corrected chi connectivity index (χ3v) is 1.59. The second kappa shape index (κ2) is 4.82. The van der Waals surface area contributed by atoms with E-state index in [9.17, 15) is 9.18 Å². The van der Waals surface area contributed by atoms with Crippen molar-refractivity contribution >= 4 is 17.9 Å². The fourth-order valence-electron chi connectivity index (χ4n) is 0.892. The van der Waals surface area contributed by atoms with Gasteiger partial charge in [0.2, 0.25) is 0 Å². The molecular formula is C9H8ClFO2. The second-order valence-corrected chi connectivity index (χ2v) is 2.81. The molecule has 0 aliphatic heterocycles. The van der Waals surface area contributed by atoms with Gasteiger partial charge in [0, 0.05) is 10.6 Å². The molecule has 0 spiro atoms. The molecule has 4 heteroatoms. The van der Waals surface area contributed by atoms with E-state index in [1.807, 2.05) is 0 Å². The van der Waals surface area contributed by atoms with Gasteiger partial charge in [-0.05, 0) is 18.2 Å². The zero-order valence-electron chi connectivity index (χ0n) is 6.80. The van der Waals surface area contributed by atoms with Crippen molar-refractivity contribution in [3.63, 3.8) is 0 Å². The van der Waals surface area contributed by atoms with Crippen LogP contribution in [0.5, 0.6) is 5.75 Å². The van der Waals surface area contributed by atoms with Crippen LogP contribution in [0.15, 0.2) is 18.2 Å². The summed E-state index contributed by atoms with van der Waals surface area (Å²) in [7, 11) is 0. The third-order valence-electron chi connectivity index (χ3n) is 1.38. The first-order chi connectivity index (χ1) is 6.26. The molecule has 0 aliphatic carbocycles. The summed E-state index contributed by atoms with van der Waals surface area (Å²) in [4.78, 5) is 10.4. The number of carbonyl (C=O) groups is 1. The van der Waals surface area contributed by atoms with Gasteiger partial charge in [0.15, 0.2) is 0 Å². The molecule has 0 aromatic heterocycles. The van der Waals surface area contributed by atoms with E-state index in [1.165, 1.54) is 18.2 Å². The highest BCUT2D eigenvalue weighted by molar-refractivity contribution is 6.31. The van der Waals surface area contributed by atoms with Crippen molar-refractivity contribution in [1.29, 1.82) is 0 Å². The molecule has 0 atom stereocenters. The number of aldehydes is 1. The van der Waals surface area contributed by atoms with Crippen LogP contribution in [0.2, 0.25) is 5.02 Å². The zero-order chi connectivity index (χ0) is 9.68. The summed E-state index contributed by atoms with van der Waals surface area (Å²) in [5.41, 5.74) is 0.418. The Bertz CT molecular complexity index is 302. The number of rotatable bonds is 4. The molecule has 1 aromatic carbocycles. The number of carbonyl (C=O) groups excluding carboxylic acids is 1. The number of alkyl halides is 1. The minimum Gasteiger partial charge on any atom is -0.491 e. The summed E-state index contributed by atoms with van der Waals surface area (Å²) < 4.78 is 16.7. The second-order valence-electron chi connectivity index (χ2n) is 2.38. The van der Waals surface area contributed by atoms with Gasteiger partial charge in [-0.15, -0.1) is 0 Å². The van der Waals surface area contributed by atoms with Crippen molar-refractivity contribution in [2.45, 2.75) is 0 Å². The molecule has 0 fully saturated rings. The van der Waals surface area contributed by atoms with E-state index in [0.29, 0.717) is 22.6 Å². The topological polar surface area (TPSA) is 26.3 Å². The number of hydrogen-bond donors (Lipinski definition) is 0. The monoisotopic (exact) mass is 202 g/mol. The van der Waals surface area contributed by atoms with Gasteiger partial charge in [0.25, 0.3) is 0 Å². The van der Waals surface area contributed by atoms with E-state index < -0.39 is 6.67 Å². The molecule has 0 heterocycles. The molecule has 70 valence electrons. The Balaban J connectivity index is 2.81. The Labute approximate surface area is 80.3 Å². The Morgan fingerprint density at radius 2 is 2.23 bits per heavy atom. The van der Waals surface area contributed by atoms with Crippen molar-refractivity contribution in [1.82, 2.24) is 0 Å². The third kappa shape index (κ3) is 3.03. The highest BCUT2D eigenvalue weighted by Crippen LogP contribution is 2.19. The standard InChI is InChI=1S/C9H8ClFO2/c10-8-3-7(6-12)4-9(5-8)13-2-1-11/h3-6H,1-2H2.